The number of rotatable bonds is 7. The van der Waals surface area contributed by atoms with Crippen molar-refractivity contribution < 1.29 is 19.1 Å². The molecule has 2 amide bonds. The van der Waals surface area contributed by atoms with E-state index >= 15 is 0 Å². The number of ether oxygens (including phenoxy) is 1. The van der Waals surface area contributed by atoms with Crippen molar-refractivity contribution in [2.75, 3.05) is 17.2 Å². The molecule has 7 nitrogen and oxygen atoms in total. The fourth-order valence-corrected chi connectivity index (χ4v) is 4.75. The van der Waals surface area contributed by atoms with Crippen LogP contribution < -0.4 is 16.0 Å². The Bertz CT molecular complexity index is 1270. The van der Waals surface area contributed by atoms with Crippen LogP contribution in [-0.2, 0) is 16.0 Å². The number of halogens is 1. The smallest absolute Gasteiger partial charge is 0.341 e. The topological polar surface area (TPSA) is 96.5 Å². The Kier molecular flexibility index (Phi) is 8.97. The summed E-state index contributed by atoms with van der Waals surface area (Å²) >= 11 is 12.2. The summed E-state index contributed by atoms with van der Waals surface area (Å²) in [6.07, 6.45) is 0.0945. The third kappa shape index (κ3) is 6.88. The number of thiocarbonyl (C=S) groups is 1. The van der Waals surface area contributed by atoms with E-state index in [4.69, 9.17) is 28.6 Å². The van der Waals surface area contributed by atoms with Crippen molar-refractivity contribution in [1.29, 1.82) is 0 Å². The Balaban J connectivity index is 1.79. The van der Waals surface area contributed by atoms with Gasteiger partial charge < -0.3 is 20.7 Å². The molecule has 10 heteroatoms. The molecular weight excluding hydrogens is 506 g/mol. The maximum Gasteiger partial charge on any atom is 0.341 e. The van der Waals surface area contributed by atoms with E-state index in [-0.39, 0.29) is 35.5 Å². The van der Waals surface area contributed by atoms with Crippen LogP contribution in [0.4, 0.5) is 10.7 Å². The van der Waals surface area contributed by atoms with Gasteiger partial charge in [0.2, 0.25) is 5.91 Å². The van der Waals surface area contributed by atoms with E-state index < -0.39 is 5.97 Å². The monoisotopic (exact) mass is 529 g/mol. The van der Waals surface area contributed by atoms with Crippen molar-refractivity contribution in [3.63, 3.8) is 0 Å². The number of benzene rings is 2. The maximum atomic E-state index is 13.0. The molecule has 0 aliphatic heterocycles. The lowest BCUT2D eigenvalue weighted by molar-refractivity contribution is -0.119. The predicted octanol–water partition coefficient (Wildman–Crippen LogP) is 5.50. The second-order valence-corrected chi connectivity index (χ2v) is 9.42. The first kappa shape index (κ1) is 26.3. The first-order valence-corrected chi connectivity index (χ1v) is 12.3. The number of para-hydroxylation sites is 1. The molecule has 1 heterocycles. The average Bonchev–Trinajstić information content (AvgIpc) is 3.12. The molecule has 0 fully saturated rings. The van der Waals surface area contributed by atoms with Crippen molar-refractivity contribution >= 4 is 68.7 Å². The maximum absolute atomic E-state index is 13.0. The molecule has 0 bridgehead atoms. The summed E-state index contributed by atoms with van der Waals surface area (Å²) in [5.74, 6) is -1.29. The van der Waals surface area contributed by atoms with Crippen molar-refractivity contribution in [3.8, 4) is 0 Å². The summed E-state index contributed by atoms with van der Waals surface area (Å²) in [6.45, 7) is 5.42. The predicted molar refractivity (Wildman–Crippen MR) is 144 cm³/mol. The molecule has 3 aromatic rings. The summed E-state index contributed by atoms with van der Waals surface area (Å²) in [4.78, 5) is 38.4. The number of nitrogens with one attached hydrogen (secondary N) is 3. The summed E-state index contributed by atoms with van der Waals surface area (Å²) in [5.41, 5.74) is 2.99. The van der Waals surface area contributed by atoms with Gasteiger partial charge in [-0.2, -0.15) is 0 Å². The van der Waals surface area contributed by atoms with Crippen molar-refractivity contribution in [2.24, 2.45) is 0 Å². The van der Waals surface area contributed by atoms with Crippen LogP contribution in [0.1, 0.15) is 43.6 Å². The highest BCUT2D eigenvalue weighted by Crippen LogP contribution is 2.34. The lowest BCUT2D eigenvalue weighted by Gasteiger charge is -2.10. The minimum atomic E-state index is -0.589. The van der Waals surface area contributed by atoms with Crippen molar-refractivity contribution in [3.05, 3.63) is 80.7 Å². The third-order valence-corrected chi connectivity index (χ3v) is 6.65. The third-order valence-electron chi connectivity index (χ3n) is 4.98. The molecule has 1 aromatic heterocycles. The second kappa shape index (κ2) is 11.9. The standard InChI is InChI=1S/C25H24ClN3O4S2/c1-4-33-24(32)20-15(3)21(22(31)27-18-8-6-5-7-14(18)2)35-23(20)29-25(34)28-19(30)13-16-9-11-17(26)12-10-16/h5-12H,4,13H2,1-3H3,(H,27,31)(H2,28,29,30,34). The molecule has 0 aliphatic rings. The number of hydrogen-bond acceptors (Lipinski definition) is 6. The zero-order valence-electron chi connectivity index (χ0n) is 19.4. The summed E-state index contributed by atoms with van der Waals surface area (Å²) in [6, 6.07) is 14.3. The number of thiophene rings is 1. The highest BCUT2D eigenvalue weighted by molar-refractivity contribution is 7.80. The van der Waals surface area contributed by atoms with Crippen LogP contribution in [0.5, 0.6) is 0 Å². The lowest BCUT2D eigenvalue weighted by atomic mass is 10.1. The molecule has 0 saturated carbocycles. The SMILES string of the molecule is CCOC(=O)c1c(NC(=S)NC(=O)Cc2ccc(Cl)cc2)sc(C(=O)Nc2ccccc2C)c1C. The van der Waals surface area contributed by atoms with Gasteiger partial charge in [0.05, 0.1) is 23.5 Å². The van der Waals surface area contributed by atoms with Crippen LogP contribution in [0, 0.1) is 13.8 Å². The molecule has 3 N–H and O–H groups in total. The fourth-order valence-electron chi connectivity index (χ4n) is 3.25. The summed E-state index contributed by atoms with van der Waals surface area (Å²) < 4.78 is 5.19. The highest BCUT2D eigenvalue weighted by Gasteiger charge is 2.26. The number of esters is 1. The summed E-state index contributed by atoms with van der Waals surface area (Å²) in [5, 5.41) is 9.25. The molecule has 2 aromatic carbocycles. The van der Waals surface area contributed by atoms with E-state index in [1.54, 1.807) is 44.2 Å². The Morgan fingerprint density at radius 3 is 2.37 bits per heavy atom. The second-order valence-electron chi connectivity index (χ2n) is 7.56. The highest BCUT2D eigenvalue weighted by atomic mass is 35.5. The summed E-state index contributed by atoms with van der Waals surface area (Å²) in [7, 11) is 0. The fraction of sp³-hybridized carbons (Fsp3) is 0.200. The number of anilines is 2. The average molecular weight is 530 g/mol. The molecule has 0 unspecified atom stereocenters. The van der Waals surface area contributed by atoms with Crippen molar-refractivity contribution in [1.82, 2.24) is 5.32 Å². The molecule has 0 atom stereocenters. The van der Waals surface area contributed by atoms with Gasteiger partial charge in [-0.1, -0.05) is 41.9 Å². The van der Waals surface area contributed by atoms with Crippen LogP contribution in [0.15, 0.2) is 48.5 Å². The first-order valence-electron chi connectivity index (χ1n) is 10.7. The van der Waals surface area contributed by atoms with Gasteiger partial charge in [0, 0.05) is 10.7 Å². The zero-order chi connectivity index (χ0) is 25.5. The van der Waals surface area contributed by atoms with E-state index in [9.17, 15) is 14.4 Å². The number of amides is 2. The minimum Gasteiger partial charge on any atom is -0.462 e. The molecule has 0 aliphatic carbocycles. The molecule has 0 spiro atoms. The van der Waals surface area contributed by atoms with E-state index in [1.165, 1.54) is 0 Å². The van der Waals surface area contributed by atoms with Gasteiger partial charge in [-0.3, -0.25) is 9.59 Å². The molecule has 3 rings (SSSR count). The quantitative estimate of drug-likeness (QED) is 0.276. The van der Waals surface area contributed by atoms with Gasteiger partial charge >= 0.3 is 5.97 Å². The Morgan fingerprint density at radius 1 is 1.03 bits per heavy atom. The number of carbonyl (C=O) groups is 3. The van der Waals surface area contributed by atoms with Gasteiger partial charge in [-0.15, -0.1) is 11.3 Å². The van der Waals surface area contributed by atoms with Crippen molar-refractivity contribution in [2.45, 2.75) is 27.2 Å². The Labute approximate surface area is 217 Å². The molecule has 0 saturated heterocycles. The lowest BCUT2D eigenvalue weighted by Crippen LogP contribution is -2.35. The largest absolute Gasteiger partial charge is 0.462 e. The van der Waals surface area contributed by atoms with Crippen LogP contribution in [0.25, 0.3) is 0 Å². The molecule has 182 valence electrons. The van der Waals surface area contributed by atoms with E-state index in [0.29, 0.717) is 26.2 Å². The van der Waals surface area contributed by atoms with Crippen LogP contribution in [-0.4, -0.2) is 29.5 Å². The minimum absolute atomic E-state index is 0.00150. The van der Waals surface area contributed by atoms with Gasteiger partial charge in [0.15, 0.2) is 5.11 Å². The first-order chi connectivity index (χ1) is 16.7. The molecular formula is C25H24ClN3O4S2. The zero-order valence-corrected chi connectivity index (χ0v) is 21.7. The van der Waals surface area contributed by atoms with Gasteiger partial charge in [0.25, 0.3) is 5.91 Å². The van der Waals surface area contributed by atoms with Gasteiger partial charge in [0.1, 0.15) is 5.00 Å². The van der Waals surface area contributed by atoms with Crippen LogP contribution in [0.3, 0.4) is 0 Å². The Morgan fingerprint density at radius 2 is 1.71 bits per heavy atom. The van der Waals surface area contributed by atoms with Gasteiger partial charge in [-0.25, -0.2) is 4.79 Å². The number of carbonyl (C=O) groups excluding carboxylic acids is 3. The molecule has 0 radical (unpaired) electrons. The molecule has 35 heavy (non-hydrogen) atoms. The van der Waals surface area contributed by atoms with Crippen LogP contribution in [0.2, 0.25) is 5.02 Å². The number of hydrogen-bond donors (Lipinski definition) is 3. The van der Waals surface area contributed by atoms with E-state index in [2.05, 4.69) is 16.0 Å². The number of aryl methyl sites for hydroxylation is 1. The van der Waals surface area contributed by atoms with E-state index in [1.807, 2.05) is 25.1 Å². The van der Waals surface area contributed by atoms with Gasteiger partial charge in [-0.05, 0) is 67.9 Å². The Hall–Kier alpha value is -3.27. The van der Waals surface area contributed by atoms with E-state index in [0.717, 1.165) is 22.5 Å². The normalized spacial score (nSPS) is 10.4. The van der Waals surface area contributed by atoms with Crippen LogP contribution >= 0.6 is 35.2 Å².